The molecule has 1 amide bonds. The topological polar surface area (TPSA) is 85.7 Å². The summed E-state index contributed by atoms with van der Waals surface area (Å²) in [5, 5.41) is 6.96. The Morgan fingerprint density at radius 2 is 2.16 bits per heavy atom. The lowest BCUT2D eigenvalue weighted by molar-refractivity contribution is -0.175. The molecule has 8 nitrogen and oxygen atoms in total. The first-order chi connectivity index (χ1) is 14.8. The number of halogens is 3. The van der Waals surface area contributed by atoms with E-state index in [0.717, 1.165) is 17.3 Å². The van der Waals surface area contributed by atoms with Crippen molar-refractivity contribution in [3.05, 3.63) is 11.8 Å². The number of fused-ring (bicyclic) bond motifs is 1. The lowest BCUT2D eigenvalue weighted by Crippen LogP contribution is -2.50. The number of hydrogen-bond donors (Lipinski definition) is 1. The first-order valence-electron chi connectivity index (χ1n) is 10.7. The van der Waals surface area contributed by atoms with Crippen molar-refractivity contribution in [1.29, 1.82) is 0 Å². The van der Waals surface area contributed by atoms with E-state index < -0.39 is 24.2 Å². The molecule has 3 aliphatic rings. The number of aromatic nitrogens is 2. The van der Waals surface area contributed by atoms with Crippen LogP contribution in [-0.2, 0) is 14.3 Å². The molecule has 1 aromatic rings. The first-order valence-corrected chi connectivity index (χ1v) is 10.7. The zero-order chi connectivity index (χ0) is 22.2. The summed E-state index contributed by atoms with van der Waals surface area (Å²) in [6, 6.07) is -2.38. The van der Waals surface area contributed by atoms with Gasteiger partial charge in [0.2, 0.25) is 5.91 Å². The molecule has 4 heterocycles. The summed E-state index contributed by atoms with van der Waals surface area (Å²) < 4.78 is 52.7. The Bertz CT molecular complexity index is 822. The van der Waals surface area contributed by atoms with E-state index in [0.29, 0.717) is 39.1 Å². The molecule has 11 heteroatoms. The molecule has 0 aliphatic carbocycles. The van der Waals surface area contributed by atoms with Crippen molar-refractivity contribution in [2.45, 2.75) is 50.9 Å². The van der Waals surface area contributed by atoms with Crippen LogP contribution in [0.5, 0.6) is 0 Å². The van der Waals surface area contributed by atoms with Crippen molar-refractivity contribution in [2.75, 3.05) is 38.2 Å². The van der Waals surface area contributed by atoms with Crippen LogP contribution >= 0.6 is 0 Å². The molecule has 0 radical (unpaired) electrons. The molecular formula is C20H27F3N4O4. The van der Waals surface area contributed by atoms with Gasteiger partial charge in [0.1, 0.15) is 11.4 Å². The van der Waals surface area contributed by atoms with Gasteiger partial charge in [0, 0.05) is 25.7 Å². The Hall–Kier alpha value is -2.30. The minimum Gasteiger partial charge on any atom is -0.462 e. The number of rotatable bonds is 4. The van der Waals surface area contributed by atoms with Crippen LogP contribution in [0.25, 0.3) is 0 Å². The molecule has 0 aromatic carbocycles. The minimum atomic E-state index is -4.52. The molecule has 172 valence electrons. The van der Waals surface area contributed by atoms with Gasteiger partial charge in [-0.1, -0.05) is 0 Å². The monoisotopic (exact) mass is 444 g/mol. The molecule has 2 saturated heterocycles. The highest BCUT2D eigenvalue weighted by molar-refractivity contribution is 5.94. The van der Waals surface area contributed by atoms with E-state index in [2.05, 4.69) is 10.4 Å². The number of alkyl halides is 3. The molecule has 4 atom stereocenters. The van der Waals surface area contributed by atoms with E-state index in [-0.39, 0.29) is 42.2 Å². The second-order valence-corrected chi connectivity index (χ2v) is 8.36. The maximum atomic E-state index is 13.8. The molecule has 2 unspecified atom stereocenters. The number of nitrogens with zero attached hydrogens (tertiary/aromatic N) is 3. The van der Waals surface area contributed by atoms with Gasteiger partial charge in [0.05, 0.1) is 25.3 Å². The predicted molar refractivity (Wildman–Crippen MR) is 104 cm³/mol. The lowest BCUT2D eigenvalue weighted by atomic mass is 9.85. The summed E-state index contributed by atoms with van der Waals surface area (Å²) in [5.41, 5.74) is -0.00681. The zero-order valence-electron chi connectivity index (χ0n) is 17.4. The fourth-order valence-electron chi connectivity index (χ4n) is 4.78. The van der Waals surface area contributed by atoms with Gasteiger partial charge in [-0.15, -0.1) is 0 Å². The predicted octanol–water partition coefficient (Wildman–Crippen LogP) is 2.62. The highest BCUT2D eigenvalue weighted by atomic mass is 19.4. The summed E-state index contributed by atoms with van der Waals surface area (Å²) >= 11 is 0. The van der Waals surface area contributed by atoms with E-state index in [4.69, 9.17) is 9.47 Å². The number of amides is 1. The Morgan fingerprint density at radius 1 is 1.35 bits per heavy atom. The van der Waals surface area contributed by atoms with Gasteiger partial charge >= 0.3 is 12.1 Å². The van der Waals surface area contributed by atoms with E-state index in [1.165, 1.54) is 0 Å². The molecule has 1 aromatic heterocycles. The number of nitrogens with one attached hydrogen (secondary N) is 1. The van der Waals surface area contributed by atoms with Gasteiger partial charge in [0.25, 0.3) is 0 Å². The fraction of sp³-hybridized carbons (Fsp3) is 0.750. The van der Waals surface area contributed by atoms with Crippen LogP contribution in [0.15, 0.2) is 6.20 Å². The van der Waals surface area contributed by atoms with Crippen molar-refractivity contribution in [3.8, 4) is 0 Å². The van der Waals surface area contributed by atoms with Gasteiger partial charge in [-0.3, -0.25) is 4.79 Å². The molecular weight excluding hydrogens is 417 g/mol. The van der Waals surface area contributed by atoms with Crippen LogP contribution < -0.4 is 5.32 Å². The Kier molecular flexibility index (Phi) is 6.14. The summed E-state index contributed by atoms with van der Waals surface area (Å²) in [7, 11) is 0. The lowest BCUT2D eigenvalue weighted by Gasteiger charge is -2.42. The molecule has 4 rings (SSSR count). The quantitative estimate of drug-likeness (QED) is 0.719. The Balaban J connectivity index is 1.56. The summed E-state index contributed by atoms with van der Waals surface area (Å²) in [6.45, 7) is 3.70. The van der Waals surface area contributed by atoms with E-state index in [1.54, 1.807) is 11.8 Å². The SMILES string of the molecule is CCOC(=O)c1cnn2c1N[C@H](C1CCCN(C(=O)C3CCOC3)C1)C[C@@H]2C(F)(F)F. The number of esters is 1. The summed E-state index contributed by atoms with van der Waals surface area (Å²) in [5.74, 6) is -0.992. The van der Waals surface area contributed by atoms with E-state index >= 15 is 0 Å². The van der Waals surface area contributed by atoms with Crippen LogP contribution in [0, 0.1) is 11.8 Å². The van der Waals surface area contributed by atoms with Crippen LogP contribution in [0.1, 0.15) is 49.0 Å². The van der Waals surface area contributed by atoms with Crippen LogP contribution in [0.4, 0.5) is 19.0 Å². The summed E-state index contributed by atoms with van der Waals surface area (Å²) in [6.07, 6.45) is -1.49. The Labute approximate surface area is 178 Å². The number of carbonyl (C=O) groups is 2. The van der Waals surface area contributed by atoms with Gasteiger partial charge in [-0.25, -0.2) is 9.48 Å². The van der Waals surface area contributed by atoms with Gasteiger partial charge in [-0.05, 0) is 38.5 Å². The smallest absolute Gasteiger partial charge is 0.410 e. The fourth-order valence-corrected chi connectivity index (χ4v) is 4.78. The Morgan fingerprint density at radius 3 is 2.84 bits per heavy atom. The maximum absolute atomic E-state index is 13.8. The number of hydrogen-bond acceptors (Lipinski definition) is 6. The molecule has 0 saturated carbocycles. The van der Waals surface area contributed by atoms with Gasteiger partial charge < -0.3 is 19.7 Å². The van der Waals surface area contributed by atoms with Crippen molar-refractivity contribution >= 4 is 17.7 Å². The highest BCUT2D eigenvalue weighted by Gasteiger charge is 2.49. The van der Waals surface area contributed by atoms with Crippen molar-refractivity contribution < 1.29 is 32.2 Å². The first kappa shape index (κ1) is 21.9. The largest absolute Gasteiger partial charge is 0.462 e. The standard InChI is InChI=1S/C20H27F3N4O4/c1-2-31-19(29)14-9-24-27-16(20(21,22)23)8-15(25-17(14)27)12-4-3-6-26(10-12)18(28)13-5-7-30-11-13/h9,12-13,15-16,25H,2-8,10-11H2,1H3/t12?,13?,15-,16+/m0/s1. The third-order valence-corrected chi connectivity index (χ3v) is 6.38. The molecule has 2 fully saturated rings. The van der Waals surface area contributed by atoms with Crippen LogP contribution in [-0.4, -0.2) is 71.7 Å². The van der Waals surface area contributed by atoms with Crippen LogP contribution in [0.2, 0.25) is 0 Å². The van der Waals surface area contributed by atoms with Crippen molar-refractivity contribution in [3.63, 3.8) is 0 Å². The third kappa shape index (κ3) is 4.37. The van der Waals surface area contributed by atoms with Gasteiger partial charge in [0.15, 0.2) is 6.04 Å². The number of piperidine rings is 1. The molecule has 3 aliphatic heterocycles. The zero-order valence-corrected chi connectivity index (χ0v) is 17.4. The summed E-state index contributed by atoms with van der Waals surface area (Å²) in [4.78, 5) is 26.8. The highest BCUT2D eigenvalue weighted by Crippen LogP contribution is 2.43. The molecule has 0 bridgehead atoms. The number of ether oxygens (including phenoxy) is 2. The van der Waals surface area contributed by atoms with Crippen molar-refractivity contribution in [1.82, 2.24) is 14.7 Å². The number of likely N-dealkylation sites (tertiary alicyclic amines) is 1. The molecule has 1 N–H and O–H groups in total. The average Bonchev–Trinajstić information content (AvgIpc) is 3.42. The minimum absolute atomic E-state index is 0.00681. The molecule has 0 spiro atoms. The molecule has 31 heavy (non-hydrogen) atoms. The van der Waals surface area contributed by atoms with Crippen LogP contribution in [0.3, 0.4) is 0 Å². The average molecular weight is 444 g/mol. The second-order valence-electron chi connectivity index (χ2n) is 8.36. The van der Waals surface area contributed by atoms with Crippen molar-refractivity contribution in [2.24, 2.45) is 11.8 Å². The number of anilines is 1. The maximum Gasteiger partial charge on any atom is 0.410 e. The number of carbonyl (C=O) groups excluding carboxylic acids is 2. The van der Waals surface area contributed by atoms with E-state index in [9.17, 15) is 22.8 Å². The normalized spacial score (nSPS) is 28.7. The third-order valence-electron chi connectivity index (χ3n) is 6.38. The van der Waals surface area contributed by atoms with Gasteiger partial charge in [-0.2, -0.15) is 18.3 Å². The van der Waals surface area contributed by atoms with E-state index in [1.807, 2.05) is 0 Å². The second kappa shape index (κ2) is 8.68.